The molecule has 0 aliphatic rings. The Labute approximate surface area is 133 Å². The number of aliphatic hydroxyl groups is 2. The molecule has 22 heavy (non-hydrogen) atoms. The normalized spacial score (nSPS) is 15.8. The van der Waals surface area contributed by atoms with Crippen molar-refractivity contribution in [2.24, 2.45) is 10.8 Å². The molecule has 0 saturated heterocycles. The molecule has 0 spiro atoms. The van der Waals surface area contributed by atoms with Crippen LogP contribution in [0.3, 0.4) is 0 Å². The SMILES string of the molecule is CC(C)(C)C(O)c1cccc2c(C(O)C(C)(C)C)cccc12. The van der Waals surface area contributed by atoms with Crippen LogP contribution in [0.4, 0.5) is 0 Å². The molecule has 2 heteroatoms. The highest BCUT2D eigenvalue weighted by Crippen LogP contribution is 2.40. The van der Waals surface area contributed by atoms with Gasteiger partial charge in [-0.15, -0.1) is 0 Å². The molecule has 0 aliphatic carbocycles. The van der Waals surface area contributed by atoms with Gasteiger partial charge in [0.05, 0.1) is 12.2 Å². The second-order valence-electron chi connectivity index (χ2n) is 8.33. The second kappa shape index (κ2) is 5.68. The van der Waals surface area contributed by atoms with E-state index in [2.05, 4.69) is 0 Å². The van der Waals surface area contributed by atoms with Crippen molar-refractivity contribution in [1.82, 2.24) is 0 Å². The van der Waals surface area contributed by atoms with E-state index in [1.807, 2.05) is 77.9 Å². The fourth-order valence-corrected chi connectivity index (χ4v) is 2.77. The van der Waals surface area contributed by atoms with Crippen molar-refractivity contribution in [3.05, 3.63) is 47.5 Å². The molecule has 2 unspecified atom stereocenters. The molecule has 0 amide bonds. The van der Waals surface area contributed by atoms with Gasteiger partial charge in [-0.05, 0) is 32.7 Å². The van der Waals surface area contributed by atoms with Crippen LogP contribution >= 0.6 is 0 Å². The van der Waals surface area contributed by atoms with E-state index in [0.717, 1.165) is 21.9 Å². The van der Waals surface area contributed by atoms with Crippen LogP contribution in [0.25, 0.3) is 10.8 Å². The molecule has 2 aromatic carbocycles. The molecule has 120 valence electrons. The summed E-state index contributed by atoms with van der Waals surface area (Å²) >= 11 is 0. The van der Waals surface area contributed by atoms with Crippen molar-refractivity contribution in [3.63, 3.8) is 0 Å². The average molecular weight is 300 g/mol. The molecule has 2 aromatic rings. The standard InChI is InChI=1S/C20H28O2/c1-19(2,3)17(21)15-11-7-10-14-13(15)9-8-12-16(14)18(22)20(4,5)6/h7-12,17-18,21-22H,1-6H3. The molecule has 2 atom stereocenters. The quantitative estimate of drug-likeness (QED) is 0.819. The molecule has 0 aliphatic heterocycles. The van der Waals surface area contributed by atoms with E-state index in [1.54, 1.807) is 0 Å². The topological polar surface area (TPSA) is 40.5 Å². The van der Waals surface area contributed by atoms with Gasteiger partial charge in [-0.1, -0.05) is 77.9 Å². The number of hydrogen-bond acceptors (Lipinski definition) is 2. The monoisotopic (exact) mass is 300 g/mol. The Hall–Kier alpha value is -1.38. The minimum Gasteiger partial charge on any atom is -0.388 e. The largest absolute Gasteiger partial charge is 0.388 e. The van der Waals surface area contributed by atoms with Gasteiger partial charge in [0.2, 0.25) is 0 Å². The van der Waals surface area contributed by atoms with Crippen LogP contribution in [0.1, 0.15) is 64.9 Å². The zero-order valence-electron chi connectivity index (χ0n) is 14.5. The van der Waals surface area contributed by atoms with Crippen molar-refractivity contribution in [2.75, 3.05) is 0 Å². The summed E-state index contributed by atoms with van der Waals surface area (Å²) in [6, 6.07) is 11.9. The van der Waals surface area contributed by atoms with Crippen LogP contribution < -0.4 is 0 Å². The molecule has 0 fully saturated rings. The Kier molecular flexibility index (Phi) is 4.38. The Morgan fingerprint density at radius 1 is 0.636 bits per heavy atom. The Bertz CT molecular complexity index is 600. The van der Waals surface area contributed by atoms with Crippen LogP contribution in [0.5, 0.6) is 0 Å². The Morgan fingerprint density at radius 2 is 0.955 bits per heavy atom. The lowest BCUT2D eigenvalue weighted by molar-refractivity contribution is 0.0628. The molecule has 2 nitrogen and oxygen atoms in total. The van der Waals surface area contributed by atoms with Gasteiger partial charge in [0, 0.05) is 0 Å². The third kappa shape index (κ3) is 3.18. The molecular weight excluding hydrogens is 272 g/mol. The van der Waals surface area contributed by atoms with Crippen molar-refractivity contribution >= 4 is 10.8 Å². The van der Waals surface area contributed by atoms with E-state index in [9.17, 15) is 10.2 Å². The van der Waals surface area contributed by atoms with E-state index in [1.165, 1.54) is 0 Å². The maximum absolute atomic E-state index is 10.7. The highest BCUT2D eigenvalue weighted by molar-refractivity contribution is 5.89. The van der Waals surface area contributed by atoms with Crippen LogP contribution in [0, 0.1) is 10.8 Å². The highest BCUT2D eigenvalue weighted by atomic mass is 16.3. The summed E-state index contributed by atoms with van der Waals surface area (Å²) in [6.07, 6.45) is -1.09. The fourth-order valence-electron chi connectivity index (χ4n) is 2.77. The van der Waals surface area contributed by atoms with Gasteiger partial charge in [0.1, 0.15) is 0 Å². The van der Waals surface area contributed by atoms with E-state index < -0.39 is 12.2 Å². The highest BCUT2D eigenvalue weighted by Gasteiger charge is 2.28. The van der Waals surface area contributed by atoms with E-state index >= 15 is 0 Å². The first-order valence-electron chi connectivity index (χ1n) is 7.91. The van der Waals surface area contributed by atoms with Gasteiger partial charge in [0.15, 0.2) is 0 Å². The van der Waals surface area contributed by atoms with Crippen molar-refractivity contribution < 1.29 is 10.2 Å². The summed E-state index contributed by atoms with van der Waals surface area (Å²) in [5.74, 6) is 0. The maximum Gasteiger partial charge on any atom is 0.0844 e. The molecule has 2 rings (SSSR count). The van der Waals surface area contributed by atoms with E-state index in [-0.39, 0.29) is 10.8 Å². The predicted molar refractivity (Wildman–Crippen MR) is 92.8 cm³/mol. The fraction of sp³-hybridized carbons (Fsp3) is 0.500. The van der Waals surface area contributed by atoms with Gasteiger partial charge in [0.25, 0.3) is 0 Å². The van der Waals surface area contributed by atoms with Crippen LogP contribution in [-0.4, -0.2) is 10.2 Å². The minimum atomic E-state index is -0.543. The van der Waals surface area contributed by atoms with Gasteiger partial charge in [-0.25, -0.2) is 0 Å². The van der Waals surface area contributed by atoms with E-state index in [0.29, 0.717) is 0 Å². The summed E-state index contributed by atoms with van der Waals surface area (Å²) < 4.78 is 0. The first kappa shape index (κ1) is 17.0. The summed E-state index contributed by atoms with van der Waals surface area (Å²) in [7, 11) is 0. The lowest BCUT2D eigenvalue weighted by Gasteiger charge is -2.29. The molecular formula is C20H28O2. The first-order valence-corrected chi connectivity index (χ1v) is 7.91. The predicted octanol–water partition coefficient (Wildman–Crippen LogP) is 5.00. The first-order chi connectivity index (χ1) is 10.0. The van der Waals surface area contributed by atoms with Crippen LogP contribution in [-0.2, 0) is 0 Å². The van der Waals surface area contributed by atoms with Crippen LogP contribution in [0.15, 0.2) is 36.4 Å². The molecule has 0 heterocycles. The van der Waals surface area contributed by atoms with Gasteiger partial charge < -0.3 is 10.2 Å². The average Bonchev–Trinajstić information content (AvgIpc) is 2.42. The number of aliphatic hydroxyl groups excluding tert-OH is 2. The van der Waals surface area contributed by atoms with Crippen molar-refractivity contribution in [2.45, 2.75) is 53.8 Å². The number of benzene rings is 2. The molecule has 0 radical (unpaired) electrons. The third-order valence-electron chi connectivity index (χ3n) is 4.22. The maximum atomic E-state index is 10.7. The summed E-state index contributed by atoms with van der Waals surface area (Å²) in [5, 5.41) is 23.4. The Morgan fingerprint density at radius 3 is 1.23 bits per heavy atom. The van der Waals surface area contributed by atoms with Gasteiger partial charge in [-0.2, -0.15) is 0 Å². The van der Waals surface area contributed by atoms with E-state index in [4.69, 9.17) is 0 Å². The lowest BCUT2D eigenvalue weighted by atomic mass is 9.80. The molecule has 2 N–H and O–H groups in total. The molecule has 0 bridgehead atoms. The summed E-state index contributed by atoms with van der Waals surface area (Å²) in [5.41, 5.74) is 1.39. The van der Waals surface area contributed by atoms with Crippen molar-refractivity contribution in [3.8, 4) is 0 Å². The summed E-state index contributed by atoms with van der Waals surface area (Å²) in [6.45, 7) is 12.2. The molecule has 0 saturated carbocycles. The molecule has 0 aromatic heterocycles. The van der Waals surface area contributed by atoms with Gasteiger partial charge >= 0.3 is 0 Å². The minimum absolute atomic E-state index is 0.229. The summed E-state index contributed by atoms with van der Waals surface area (Å²) in [4.78, 5) is 0. The number of fused-ring (bicyclic) bond motifs is 1. The second-order valence-corrected chi connectivity index (χ2v) is 8.33. The Balaban J connectivity index is 2.66. The zero-order chi connectivity index (χ0) is 16.7. The number of hydrogen-bond donors (Lipinski definition) is 2. The smallest absolute Gasteiger partial charge is 0.0844 e. The van der Waals surface area contributed by atoms with Crippen LogP contribution in [0.2, 0.25) is 0 Å². The van der Waals surface area contributed by atoms with Crippen molar-refractivity contribution in [1.29, 1.82) is 0 Å². The lowest BCUT2D eigenvalue weighted by Crippen LogP contribution is -2.19. The zero-order valence-corrected chi connectivity index (χ0v) is 14.5. The van der Waals surface area contributed by atoms with Gasteiger partial charge in [-0.3, -0.25) is 0 Å². The number of rotatable bonds is 2. The third-order valence-corrected chi connectivity index (χ3v) is 4.22.